The number of carbonyl (C=O) groups is 3. The second-order valence-corrected chi connectivity index (χ2v) is 6.88. The maximum Gasteiger partial charge on any atom is 0.327 e. The van der Waals surface area contributed by atoms with Crippen LogP contribution in [0.3, 0.4) is 0 Å². The van der Waals surface area contributed by atoms with Crippen molar-refractivity contribution in [3.8, 4) is 0 Å². The third-order valence-electron chi connectivity index (χ3n) is 5.33. The van der Waals surface area contributed by atoms with Crippen LogP contribution in [0.4, 0.5) is 9.59 Å². The van der Waals surface area contributed by atoms with Gasteiger partial charge in [0.1, 0.15) is 6.04 Å². The molecule has 0 radical (unpaired) electrons. The number of hydrogen-bond donors (Lipinski definition) is 0. The molecule has 122 valence electrons. The Labute approximate surface area is 130 Å². The monoisotopic (exact) mass is 308 g/mol. The molecule has 1 spiro atoms. The van der Waals surface area contributed by atoms with Crippen LogP contribution < -0.4 is 0 Å². The van der Waals surface area contributed by atoms with Crippen LogP contribution in [0.5, 0.6) is 0 Å². The Hall–Kier alpha value is -1.79. The zero-order chi connectivity index (χ0) is 16.1. The van der Waals surface area contributed by atoms with Crippen molar-refractivity contribution in [2.45, 2.75) is 32.2 Å². The van der Waals surface area contributed by atoms with Gasteiger partial charge < -0.3 is 14.7 Å². The van der Waals surface area contributed by atoms with Crippen LogP contribution in [-0.2, 0) is 4.79 Å². The van der Waals surface area contributed by atoms with Crippen molar-refractivity contribution in [3.05, 3.63) is 0 Å². The Morgan fingerprint density at radius 2 is 1.91 bits per heavy atom. The van der Waals surface area contributed by atoms with Crippen molar-refractivity contribution in [1.29, 1.82) is 0 Å². The van der Waals surface area contributed by atoms with Gasteiger partial charge in [0.25, 0.3) is 5.91 Å². The van der Waals surface area contributed by atoms with E-state index in [-0.39, 0.29) is 29.4 Å². The van der Waals surface area contributed by atoms with Crippen LogP contribution in [-0.4, -0.2) is 83.9 Å². The average molecular weight is 308 g/mol. The van der Waals surface area contributed by atoms with Crippen LogP contribution in [0.25, 0.3) is 0 Å². The lowest BCUT2D eigenvalue weighted by atomic mass is 9.76. The number of imide groups is 1. The number of likely N-dealkylation sites (N-methyl/N-ethyl adjacent to an activating group) is 1. The Morgan fingerprint density at radius 1 is 1.27 bits per heavy atom. The van der Waals surface area contributed by atoms with E-state index in [4.69, 9.17) is 0 Å². The molecule has 0 aromatic heterocycles. The Bertz CT molecular complexity index is 485. The molecule has 5 amide bonds. The van der Waals surface area contributed by atoms with Gasteiger partial charge in [0.05, 0.1) is 0 Å². The van der Waals surface area contributed by atoms with E-state index in [1.165, 1.54) is 4.90 Å². The van der Waals surface area contributed by atoms with Gasteiger partial charge in [-0.25, -0.2) is 9.59 Å². The van der Waals surface area contributed by atoms with Crippen LogP contribution in [0, 0.1) is 5.41 Å². The molecule has 0 aliphatic carbocycles. The van der Waals surface area contributed by atoms with Crippen molar-refractivity contribution in [3.63, 3.8) is 0 Å². The highest BCUT2D eigenvalue weighted by molar-refractivity contribution is 6.04. The molecule has 3 aliphatic rings. The summed E-state index contributed by atoms with van der Waals surface area (Å²) < 4.78 is 0. The average Bonchev–Trinajstić information content (AvgIpc) is 2.96. The van der Waals surface area contributed by atoms with Crippen LogP contribution in [0.2, 0.25) is 0 Å². The highest BCUT2D eigenvalue weighted by atomic mass is 16.2. The summed E-state index contributed by atoms with van der Waals surface area (Å²) in [5.74, 6) is -0.0452. The van der Waals surface area contributed by atoms with Crippen molar-refractivity contribution in [2.24, 2.45) is 5.41 Å². The molecular weight excluding hydrogens is 284 g/mol. The molecule has 0 aromatic carbocycles. The molecule has 0 N–H and O–H groups in total. The lowest BCUT2D eigenvalue weighted by molar-refractivity contribution is -0.128. The predicted molar refractivity (Wildman–Crippen MR) is 80.2 cm³/mol. The molecule has 22 heavy (non-hydrogen) atoms. The van der Waals surface area contributed by atoms with Gasteiger partial charge in [-0.2, -0.15) is 0 Å². The normalized spacial score (nSPS) is 26.9. The summed E-state index contributed by atoms with van der Waals surface area (Å²) in [5, 5.41) is 0. The minimum Gasteiger partial charge on any atom is -0.331 e. The maximum atomic E-state index is 12.3. The van der Waals surface area contributed by atoms with Crippen LogP contribution in [0.15, 0.2) is 0 Å². The summed E-state index contributed by atoms with van der Waals surface area (Å²) in [4.78, 5) is 43.1. The van der Waals surface area contributed by atoms with E-state index >= 15 is 0 Å². The van der Waals surface area contributed by atoms with E-state index in [1.807, 2.05) is 11.8 Å². The Kier molecular flexibility index (Phi) is 3.53. The quantitative estimate of drug-likeness (QED) is 0.673. The van der Waals surface area contributed by atoms with E-state index in [1.54, 1.807) is 23.9 Å². The smallest absolute Gasteiger partial charge is 0.327 e. The maximum absolute atomic E-state index is 12.3. The predicted octanol–water partition coefficient (Wildman–Crippen LogP) is 0.807. The summed E-state index contributed by atoms with van der Waals surface area (Å²) in [6.07, 6.45) is 2.48. The van der Waals surface area contributed by atoms with E-state index in [0.717, 1.165) is 19.3 Å². The molecule has 3 saturated heterocycles. The van der Waals surface area contributed by atoms with Gasteiger partial charge >= 0.3 is 12.1 Å². The van der Waals surface area contributed by atoms with Gasteiger partial charge in [-0.1, -0.05) is 0 Å². The molecule has 0 bridgehead atoms. The van der Waals surface area contributed by atoms with Crippen molar-refractivity contribution < 1.29 is 14.4 Å². The standard InChI is InChI=1S/C15H24N4O3/c1-4-18-12(20)11-9-15(10-19(11)14(18)22)5-7-17(8-6-15)13(21)16(2)3/h11H,4-10H2,1-3H3. The first kappa shape index (κ1) is 15.1. The molecule has 7 heteroatoms. The van der Waals surface area contributed by atoms with Crippen LogP contribution in [0.1, 0.15) is 26.2 Å². The van der Waals surface area contributed by atoms with Gasteiger partial charge in [0, 0.05) is 40.3 Å². The SMILES string of the molecule is CCN1C(=O)C2CC3(CCN(C(=O)N(C)C)CC3)CN2C1=O. The van der Waals surface area contributed by atoms with E-state index < -0.39 is 0 Å². The highest BCUT2D eigenvalue weighted by Crippen LogP contribution is 2.46. The minimum atomic E-state index is -0.274. The van der Waals surface area contributed by atoms with E-state index in [0.29, 0.717) is 26.2 Å². The number of fused-ring (bicyclic) bond motifs is 1. The molecule has 7 nitrogen and oxygen atoms in total. The molecular formula is C15H24N4O3. The van der Waals surface area contributed by atoms with Crippen molar-refractivity contribution >= 4 is 18.0 Å². The van der Waals surface area contributed by atoms with Gasteiger partial charge in [-0.05, 0) is 31.6 Å². The number of likely N-dealkylation sites (tertiary alicyclic amines) is 1. The van der Waals surface area contributed by atoms with Gasteiger partial charge in [0.2, 0.25) is 0 Å². The van der Waals surface area contributed by atoms with Gasteiger partial charge in [-0.3, -0.25) is 9.69 Å². The van der Waals surface area contributed by atoms with Crippen molar-refractivity contribution in [1.82, 2.24) is 19.6 Å². The molecule has 3 rings (SSSR count). The van der Waals surface area contributed by atoms with Crippen molar-refractivity contribution in [2.75, 3.05) is 40.3 Å². The number of hydrogen-bond acceptors (Lipinski definition) is 3. The number of piperidine rings is 1. The zero-order valence-electron chi connectivity index (χ0n) is 13.5. The molecule has 3 heterocycles. The second-order valence-electron chi connectivity index (χ2n) is 6.88. The Balaban J connectivity index is 1.67. The molecule has 0 aromatic rings. The molecule has 1 unspecified atom stereocenters. The fourth-order valence-corrected chi connectivity index (χ4v) is 4.02. The molecule has 1 atom stereocenters. The molecule has 3 aliphatic heterocycles. The van der Waals surface area contributed by atoms with Crippen LogP contribution >= 0.6 is 0 Å². The first-order chi connectivity index (χ1) is 10.4. The third-order valence-corrected chi connectivity index (χ3v) is 5.33. The fourth-order valence-electron chi connectivity index (χ4n) is 4.02. The zero-order valence-corrected chi connectivity index (χ0v) is 13.5. The highest BCUT2D eigenvalue weighted by Gasteiger charge is 2.56. The third kappa shape index (κ3) is 2.14. The first-order valence-electron chi connectivity index (χ1n) is 7.97. The molecule has 0 saturated carbocycles. The molecule has 3 fully saturated rings. The summed E-state index contributed by atoms with van der Waals surface area (Å²) in [7, 11) is 3.52. The topological polar surface area (TPSA) is 64.2 Å². The summed E-state index contributed by atoms with van der Waals surface area (Å²) in [5.41, 5.74) is 0.0128. The lowest BCUT2D eigenvalue weighted by Crippen LogP contribution is -2.48. The number of rotatable bonds is 1. The minimum absolute atomic E-state index is 0.0128. The number of carbonyl (C=O) groups excluding carboxylic acids is 3. The fraction of sp³-hybridized carbons (Fsp3) is 0.800. The van der Waals surface area contributed by atoms with Gasteiger partial charge in [-0.15, -0.1) is 0 Å². The first-order valence-corrected chi connectivity index (χ1v) is 7.97. The summed E-state index contributed by atoms with van der Waals surface area (Å²) >= 11 is 0. The van der Waals surface area contributed by atoms with E-state index in [2.05, 4.69) is 0 Å². The van der Waals surface area contributed by atoms with E-state index in [9.17, 15) is 14.4 Å². The lowest BCUT2D eigenvalue weighted by Gasteiger charge is -2.40. The Morgan fingerprint density at radius 3 is 2.41 bits per heavy atom. The number of urea groups is 2. The summed E-state index contributed by atoms with van der Waals surface area (Å²) in [6, 6.07) is -0.373. The number of nitrogens with zero attached hydrogens (tertiary/aromatic N) is 4. The largest absolute Gasteiger partial charge is 0.331 e. The number of amides is 5. The summed E-state index contributed by atoms with van der Waals surface area (Å²) in [6.45, 7) is 4.35. The second kappa shape index (κ2) is 5.14. The van der Waals surface area contributed by atoms with Gasteiger partial charge in [0.15, 0.2) is 0 Å².